The Morgan fingerprint density at radius 1 is 1.00 bits per heavy atom. The molecule has 2 fully saturated rings. The van der Waals surface area contributed by atoms with Crippen LogP contribution in [0, 0.1) is 17.7 Å². The van der Waals surface area contributed by atoms with Crippen molar-refractivity contribution in [2.45, 2.75) is 19.4 Å². The predicted molar refractivity (Wildman–Crippen MR) is 140 cm³/mol. The van der Waals surface area contributed by atoms with Gasteiger partial charge in [-0.3, -0.25) is 14.4 Å². The number of fused-ring (bicyclic) bond motifs is 1. The number of rotatable bonds is 7. The number of aromatic nitrogens is 1. The van der Waals surface area contributed by atoms with Crippen LogP contribution in [0.4, 0.5) is 4.39 Å². The van der Waals surface area contributed by atoms with Crippen LogP contribution in [0.25, 0.3) is 0 Å². The highest BCUT2D eigenvalue weighted by atomic mass is 79.9. The second-order valence-corrected chi connectivity index (χ2v) is 10.5. The van der Waals surface area contributed by atoms with Crippen molar-refractivity contribution in [1.29, 1.82) is 0 Å². The van der Waals surface area contributed by atoms with Gasteiger partial charge in [0, 0.05) is 61.2 Å². The van der Waals surface area contributed by atoms with Crippen LogP contribution in [0.2, 0.25) is 0 Å². The quantitative estimate of drug-likeness (QED) is 0.467. The first-order valence-electron chi connectivity index (χ1n) is 12.3. The summed E-state index contributed by atoms with van der Waals surface area (Å²) in [6.07, 6.45) is 2.04. The summed E-state index contributed by atoms with van der Waals surface area (Å²) in [5, 5.41) is 0. The van der Waals surface area contributed by atoms with Crippen LogP contribution in [-0.4, -0.2) is 52.8 Å². The fraction of sp³-hybridized carbons (Fsp3) is 0.321. The van der Waals surface area contributed by atoms with Crippen molar-refractivity contribution in [1.82, 2.24) is 14.8 Å². The van der Waals surface area contributed by atoms with Gasteiger partial charge in [0.05, 0.1) is 0 Å². The van der Waals surface area contributed by atoms with Gasteiger partial charge in [-0.2, -0.15) is 0 Å². The number of aryl methyl sites for hydroxylation is 1. The van der Waals surface area contributed by atoms with E-state index in [0.717, 1.165) is 5.56 Å². The van der Waals surface area contributed by atoms with Gasteiger partial charge >= 0.3 is 0 Å². The molecule has 2 atom stereocenters. The first-order valence-corrected chi connectivity index (χ1v) is 13.1. The molecule has 2 aliphatic heterocycles. The molecule has 192 valence electrons. The Hall–Kier alpha value is -3.46. The number of hydrogen-bond donors (Lipinski definition) is 1. The second kappa shape index (κ2) is 10.9. The lowest BCUT2D eigenvalue weighted by Gasteiger charge is -2.22. The highest BCUT2D eigenvalue weighted by molar-refractivity contribution is 9.10. The van der Waals surface area contributed by atoms with E-state index in [4.69, 9.17) is 4.74 Å². The monoisotopic (exact) mass is 567 g/mol. The molecule has 0 radical (unpaired) electrons. The van der Waals surface area contributed by atoms with Crippen LogP contribution in [-0.2, 0) is 17.8 Å². The van der Waals surface area contributed by atoms with Gasteiger partial charge in [0.2, 0.25) is 11.3 Å². The average molecular weight is 568 g/mol. The summed E-state index contributed by atoms with van der Waals surface area (Å²) >= 11 is 3.24. The Bertz CT molecular complexity index is 1350. The molecule has 1 aromatic heterocycles. The molecule has 9 heteroatoms. The van der Waals surface area contributed by atoms with Gasteiger partial charge in [-0.15, -0.1) is 0 Å². The zero-order valence-electron chi connectivity index (χ0n) is 20.2. The number of nitrogens with one attached hydrogen (secondary N) is 1. The number of ether oxygens (including phenoxy) is 1. The zero-order chi connectivity index (χ0) is 25.9. The molecule has 3 heterocycles. The summed E-state index contributed by atoms with van der Waals surface area (Å²) in [5.74, 6) is 0.00377. The summed E-state index contributed by atoms with van der Waals surface area (Å²) in [7, 11) is 0. The molecule has 0 saturated carbocycles. The highest BCUT2D eigenvalue weighted by Gasteiger charge is 2.43. The van der Waals surface area contributed by atoms with E-state index in [0.29, 0.717) is 42.6 Å². The molecule has 2 aromatic carbocycles. The van der Waals surface area contributed by atoms with Gasteiger partial charge in [0.15, 0.2) is 5.75 Å². The van der Waals surface area contributed by atoms with E-state index in [-0.39, 0.29) is 59.4 Å². The van der Waals surface area contributed by atoms with Gasteiger partial charge < -0.3 is 19.5 Å². The standard InChI is InChI=1S/C28H27BrFN3O4/c29-22-8-6-19(23(30)10-22)7-9-27(35)32-13-20-15-33(16-21(20)14-32)28(36)24-11-25(34)26(12-31-24)37-17-18-4-2-1-3-5-18/h1-6,8,10-12,20-21H,7,9,13-17H2,(H,31,34)/t20-,21+. The molecule has 0 bridgehead atoms. The molecule has 0 aliphatic carbocycles. The van der Waals surface area contributed by atoms with Crippen molar-refractivity contribution in [2.24, 2.45) is 11.8 Å². The van der Waals surface area contributed by atoms with E-state index < -0.39 is 0 Å². The van der Waals surface area contributed by atoms with Gasteiger partial charge in [0.1, 0.15) is 18.1 Å². The maximum absolute atomic E-state index is 14.1. The predicted octanol–water partition coefficient (Wildman–Crippen LogP) is 4.02. The number of H-pyrrole nitrogens is 1. The first kappa shape index (κ1) is 25.2. The molecule has 0 unspecified atom stereocenters. The maximum atomic E-state index is 14.1. The molecular weight excluding hydrogens is 541 g/mol. The number of halogens is 2. The van der Waals surface area contributed by atoms with E-state index in [1.165, 1.54) is 18.3 Å². The first-order chi connectivity index (χ1) is 17.9. The van der Waals surface area contributed by atoms with Crippen LogP contribution >= 0.6 is 15.9 Å². The largest absolute Gasteiger partial charge is 0.483 e. The lowest BCUT2D eigenvalue weighted by Crippen LogP contribution is -2.36. The Balaban J connectivity index is 1.12. The summed E-state index contributed by atoms with van der Waals surface area (Å²) in [4.78, 5) is 44.8. The Morgan fingerprint density at radius 3 is 2.38 bits per heavy atom. The minimum Gasteiger partial charge on any atom is -0.483 e. The van der Waals surface area contributed by atoms with Crippen LogP contribution in [0.3, 0.4) is 0 Å². The zero-order valence-corrected chi connectivity index (χ0v) is 21.7. The van der Waals surface area contributed by atoms with Crippen molar-refractivity contribution < 1.29 is 18.7 Å². The summed E-state index contributed by atoms with van der Waals surface area (Å²) in [5.41, 5.74) is 1.34. The van der Waals surface area contributed by atoms with Crippen molar-refractivity contribution in [3.8, 4) is 5.75 Å². The van der Waals surface area contributed by atoms with Gasteiger partial charge in [-0.25, -0.2) is 4.39 Å². The second-order valence-electron chi connectivity index (χ2n) is 9.61. The SMILES string of the molecule is O=C(CCc1ccc(Br)cc1F)N1C[C@@H]2CN(C(=O)c3cc(=O)c(OCc4ccccc4)c[nH]3)C[C@@H]2C1. The minimum atomic E-state index is -0.351. The van der Waals surface area contributed by atoms with E-state index in [1.807, 2.05) is 35.2 Å². The Kier molecular flexibility index (Phi) is 7.41. The number of aromatic amines is 1. The van der Waals surface area contributed by atoms with Crippen LogP contribution in [0.5, 0.6) is 5.75 Å². The third-order valence-corrected chi connectivity index (χ3v) is 7.59. The molecule has 7 nitrogen and oxygen atoms in total. The molecule has 2 amide bonds. The van der Waals surface area contributed by atoms with Crippen molar-refractivity contribution >= 4 is 27.7 Å². The Morgan fingerprint density at radius 2 is 1.70 bits per heavy atom. The summed E-state index contributed by atoms with van der Waals surface area (Å²) in [6.45, 7) is 2.49. The van der Waals surface area contributed by atoms with Gasteiger partial charge in [-0.1, -0.05) is 52.3 Å². The van der Waals surface area contributed by atoms with E-state index in [1.54, 1.807) is 17.0 Å². The normalized spacial score (nSPS) is 18.6. The fourth-order valence-electron chi connectivity index (χ4n) is 5.09. The van der Waals surface area contributed by atoms with Gasteiger partial charge in [-0.05, 0) is 29.7 Å². The summed E-state index contributed by atoms with van der Waals surface area (Å²) < 4.78 is 20.3. The van der Waals surface area contributed by atoms with Crippen LogP contribution < -0.4 is 10.2 Å². The molecule has 3 aromatic rings. The van der Waals surface area contributed by atoms with Crippen molar-refractivity contribution in [2.75, 3.05) is 26.2 Å². The summed E-state index contributed by atoms with van der Waals surface area (Å²) in [6, 6.07) is 15.7. The van der Waals surface area contributed by atoms with E-state index in [9.17, 15) is 18.8 Å². The lowest BCUT2D eigenvalue weighted by atomic mass is 10.0. The highest BCUT2D eigenvalue weighted by Crippen LogP contribution is 2.32. The molecule has 1 N–H and O–H groups in total. The molecular formula is C28H27BrFN3O4. The fourth-order valence-corrected chi connectivity index (χ4v) is 5.42. The number of amides is 2. The number of likely N-dealkylation sites (tertiary alicyclic amines) is 2. The lowest BCUT2D eigenvalue weighted by molar-refractivity contribution is -0.130. The van der Waals surface area contributed by atoms with Crippen molar-refractivity contribution in [3.05, 3.63) is 98.1 Å². The topological polar surface area (TPSA) is 82.7 Å². The smallest absolute Gasteiger partial charge is 0.270 e. The number of pyridine rings is 1. The molecule has 5 rings (SSSR count). The van der Waals surface area contributed by atoms with Gasteiger partial charge in [0.25, 0.3) is 5.91 Å². The average Bonchev–Trinajstić information content (AvgIpc) is 3.47. The number of carbonyl (C=O) groups excluding carboxylic acids is 2. The molecule has 2 saturated heterocycles. The maximum Gasteiger partial charge on any atom is 0.270 e. The number of hydrogen-bond acceptors (Lipinski definition) is 4. The number of nitrogens with zero attached hydrogens (tertiary/aromatic N) is 2. The third kappa shape index (κ3) is 5.77. The Labute approximate surface area is 222 Å². The molecule has 2 aliphatic rings. The molecule has 37 heavy (non-hydrogen) atoms. The third-order valence-electron chi connectivity index (χ3n) is 7.09. The van der Waals surface area contributed by atoms with E-state index >= 15 is 0 Å². The molecule has 0 spiro atoms. The van der Waals surface area contributed by atoms with Crippen LogP contribution in [0.1, 0.15) is 28.0 Å². The number of carbonyl (C=O) groups is 2. The van der Waals surface area contributed by atoms with Crippen LogP contribution in [0.15, 0.2) is 70.1 Å². The minimum absolute atomic E-state index is 0.00465. The van der Waals surface area contributed by atoms with Crippen molar-refractivity contribution in [3.63, 3.8) is 0 Å². The van der Waals surface area contributed by atoms with E-state index in [2.05, 4.69) is 20.9 Å². The number of benzene rings is 2.